The van der Waals surface area contributed by atoms with Gasteiger partial charge in [0.1, 0.15) is 17.1 Å². The van der Waals surface area contributed by atoms with E-state index in [0.717, 1.165) is 11.1 Å². The lowest BCUT2D eigenvalue weighted by Crippen LogP contribution is -2.19. The SMILES string of the molecule is COc1ccc(-c2ccc(Oc3ccccc3C)c(NC(=O)Nc3ccc(C)cc3)c2)cc1C(=O)O. The number of nitrogens with one attached hydrogen (secondary N) is 2. The summed E-state index contributed by atoms with van der Waals surface area (Å²) in [6, 6.07) is 24.8. The number of hydrogen-bond acceptors (Lipinski definition) is 4. The number of carbonyl (C=O) groups excluding carboxylic acids is 1. The fourth-order valence-corrected chi connectivity index (χ4v) is 3.66. The van der Waals surface area contributed by atoms with Gasteiger partial charge >= 0.3 is 12.0 Å². The number of rotatable bonds is 7. The van der Waals surface area contributed by atoms with Gasteiger partial charge in [0, 0.05) is 5.69 Å². The van der Waals surface area contributed by atoms with Crippen LogP contribution in [0.25, 0.3) is 11.1 Å². The molecule has 0 fully saturated rings. The predicted molar refractivity (Wildman–Crippen MR) is 140 cm³/mol. The van der Waals surface area contributed by atoms with Crippen LogP contribution in [0.1, 0.15) is 21.5 Å². The van der Waals surface area contributed by atoms with Crippen LogP contribution >= 0.6 is 0 Å². The molecule has 0 aliphatic heterocycles. The number of ether oxygens (including phenoxy) is 2. The highest BCUT2D eigenvalue weighted by Crippen LogP contribution is 2.36. The number of urea groups is 1. The zero-order valence-corrected chi connectivity index (χ0v) is 20.2. The van der Waals surface area contributed by atoms with Gasteiger partial charge in [-0.15, -0.1) is 0 Å². The lowest BCUT2D eigenvalue weighted by atomic mass is 10.0. The first-order valence-electron chi connectivity index (χ1n) is 11.3. The smallest absolute Gasteiger partial charge is 0.339 e. The van der Waals surface area contributed by atoms with Crippen LogP contribution in [0.3, 0.4) is 0 Å². The first kappa shape index (κ1) is 24.3. The molecule has 4 aromatic rings. The van der Waals surface area contributed by atoms with Crippen LogP contribution in [-0.4, -0.2) is 24.2 Å². The van der Waals surface area contributed by atoms with Crippen molar-refractivity contribution in [2.75, 3.05) is 17.7 Å². The minimum Gasteiger partial charge on any atom is -0.496 e. The fourth-order valence-electron chi connectivity index (χ4n) is 3.66. The first-order chi connectivity index (χ1) is 17.3. The largest absolute Gasteiger partial charge is 0.496 e. The van der Waals surface area contributed by atoms with Crippen LogP contribution in [0.4, 0.5) is 16.2 Å². The number of carboxylic acids is 1. The summed E-state index contributed by atoms with van der Waals surface area (Å²) in [5.74, 6) is 0.273. The summed E-state index contributed by atoms with van der Waals surface area (Å²) >= 11 is 0. The molecule has 0 radical (unpaired) electrons. The van der Waals surface area contributed by atoms with Crippen LogP contribution in [0.2, 0.25) is 0 Å². The van der Waals surface area contributed by atoms with Crippen molar-refractivity contribution in [3.8, 4) is 28.4 Å². The highest BCUT2D eigenvalue weighted by molar-refractivity contribution is 6.01. The Morgan fingerprint density at radius 3 is 2.08 bits per heavy atom. The van der Waals surface area contributed by atoms with Crippen LogP contribution in [-0.2, 0) is 0 Å². The number of aromatic carboxylic acids is 1. The minimum absolute atomic E-state index is 0.0434. The topological polar surface area (TPSA) is 96.9 Å². The van der Waals surface area contributed by atoms with Crippen LogP contribution in [0, 0.1) is 13.8 Å². The third-order valence-corrected chi connectivity index (χ3v) is 5.61. The zero-order valence-electron chi connectivity index (χ0n) is 20.2. The Labute approximate surface area is 209 Å². The Morgan fingerprint density at radius 2 is 1.42 bits per heavy atom. The second-order valence-electron chi connectivity index (χ2n) is 8.24. The van der Waals surface area contributed by atoms with Crippen molar-refractivity contribution in [2.45, 2.75) is 13.8 Å². The van der Waals surface area contributed by atoms with E-state index in [2.05, 4.69) is 10.6 Å². The van der Waals surface area contributed by atoms with E-state index in [1.165, 1.54) is 13.2 Å². The van der Waals surface area contributed by atoms with E-state index in [1.54, 1.807) is 24.3 Å². The normalized spacial score (nSPS) is 10.4. The molecule has 36 heavy (non-hydrogen) atoms. The van der Waals surface area contributed by atoms with Gasteiger partial charge in [0.05, 0.1) is 12.8 Å². The molecule has 0 aliphatic rings. The van der Waals surface area contributed by atoms with Gasteiger partial charge in [0.2, 0.25) is 0 Å². The number of para-hydroxylation sites is 1. The van der Waals surface area contributed by atoms with E-state index < -0.39 is 12.0 Å². The van der Waals surface area contributed by atoms with E-state index >= 15 is 0 Å². The summed E-state index contributed by atoms with van der Waals surface area (Å²) in [6.07, 6.45) is 0. The van der Waals surface area contributed by atoms with Crippen molar-refractivity contribution in [1.29, 1.82) is 0 Å². The summed E-state index contributed by atoms with van der Waals surface area (Å²) in [7, 11) is 1.42. The summed E-state index contributed by atoms with van der Waals surface area (Å²) in [4.78, 5) is 24.5. The van der Waals surface area contributed by atoms with Gasteiger partial charge in [0.15, 0.2) is 5.75 Å². The molecule has 7 heteroatoms. The van der Waals surface area contributed by atoms with E-state index in [9.17, 15) is 14.7 Å². The fraction of sp³-hybridized carbons (Fsp3) is 0.103. The van der Waals surface area contributed by atoms with E-state index in [1.807, 2.05) is 68.4 Å². The molecule has 0 heterocycles. The number of anilines is 2. The van der Waals surface area contributed by atoms with Gasteiger partial charge in [-0.1, -0.05) is 48.0 Å². The molecule has 0 aliphatic carbocycles. The van der Waals surface area contributed by atoms with Gasteiger partial charge in [-0.2, -0.15) is 0 Å². The maximum absolute atomic E-state index is 12.8. The molecule has 0 saturated heterocycles. The number of carbonyl (C=O) groups is 2. The summed E-state index contributed by atoms with van der Waals surface area (Å²) in [5, 5.41) is 15.3. The molecule has 0 bridgehead atoms. The third kappa shape index (κ3) is 5.64. The van der Waals surface area contributed by atoms with E-state index in [0.29, 0.717) is 34.0 Å². The predicted octanol–water partition coefficient (Wildman–Crippen LogP) is 7.11. The number of methoxy groups -OCH3 is 1. The number of benzene rings is 4. The summed E-state index contributed by atoms with van der Waals surface area (Å²) in [5.41, 5.74) is 4.49. The molecule has 0 saturated carbocycles. The standard InChI is InChI=1S/C29H26N2O5/c1-18-8-12-22(13-9-18)30-29(34)31-24-17-21(20-10-14-26(35-3)23(16-20)28(32)33)11-15-27(24)36-25-7-5-4-6-19(25)2/h4-17H,1-3H3,(H,32,33)(H2,30,31,34). The highest BCUT2D eigenvalue weighted by atomic mass is 16.5. The Hall–Kier alpha value is -4.78. The molecular weight excluding hydrogens is 456 g/mol. The van der Waals surface area contributed by atoms with Gasteiger partial charge in [0.25, 0.3) is 0 Å². The third-order valence-electron chi connectivity index (χ3n) is 5.61. The molecule has 3 N–H and O–H groups in total. The van der Waals surface area contributed by atoms with E-state index in [-0.39, 0.29) is 11.3 Å². The van der Waals surface area contributed by atoms with Crippen molar-refractivity contribution in [1.82, 2.24) is 0 Å². The maximum atomic E-state index is 12.8. The molecule has 4 aromatic carbocycles. The Bertz CT molecular complexity index is 1410. The molecule has 182 valence electrons. The van der Waals surface area contributed by atoms with Crippen molar-refractivity contribution >= 4 is 23.4 Å². The Kier molecular flexibility index (Phi) is 7.20. The average molecular weight is 483 g/mol. The molecule has 0 atom stereocenters. The Balaban J connectivity index is 1.70. The lowest BCUT2D eigenvalue weighted by Gasteiger charge is -2.16. The van der Waals surface area contributed by atoms with Crippen LogP contribution in [0.15, 0.2) is 84.9 Å². The summed E-state index contributed by atoms with van der Waals surface area (Å²) < 4.78 is 11.3. The minimum atomic E-state index is -1.09. The quantitative estimate of drug-likeness (QED) is 0.261. The van der Waals surface area contributed by atoms with Crippen molar-refractivity contribution in [2.24, 2.45) is 0 Å². The van der Waals surface area contributed by atoms with Gasteiger partial charge in [-0.3, -0.25) is 0 Å². The molecule has 2 amide bonds. The van der Waals surface area contributed by atoms with Gasteiger partial charge < -0.3 is 25.2 Å². The molecule has 0 unspecified atom stereocenters. The second kappa shape index (κ2) is 10.7. The van der Waals surface area contributed by atoms with Crippen molar-refractivity contribution < 1.29 is 24.2 Å². The van der Waals surface area contributed by atoms with Gasteiger partial charge in [-0.05, 0) is 73.0 Å². The average Bonchev–Trinajstić information content (AvgIpc) is 2.87. The zero-order chi connectivity index (χ0) is 25.7. The molecule has 7 nitrogen and oxygen atoms in total. The number of amides is 2. The lowest BCUT2D eigenvalue weighted by molar-refractivity contribution is 0.0693. The second-order valence-corrected chi connectivity index (χ2v) is 8.24. The van der Waals surface area contributed by atoms with Gasteiger partial charge in [-0.25, -0.2) is 9.59 Å². The number of aryl methyl sites for hydroxylation is 2. The van der Waals surface area contributed by atoms with Crippen molar-refractivity contribution in [3.63, 3.8) is 0 Å². The number of carboxylic acid groups (broad SMARTS) is 1. The van der Waals surface area contributed by atoms with Crippen LogP contribution in [0.5, 0.6) is 17.2 Å². The highest BCUT2D eigenvalue weighted by Gasteiger charge is 2.16. The molecule has 4 rings (SSSR count). The van der Waals surface area contributed by atoms with E-state index in [4.69, 9.17) is 9.47 Å². The Morgan fingerprint density at radius 1 is 0.750 bits per heavy atom. The van der Waals surface area contributed by atoms with Crippen LogP contribution < -0.4 is 20.1 Å². The number of hydrogen-bond donors (Lipinski definition) is 3. The first-order valence-corrected chi connectivity index (χ1v) is 11.3. The van der Waals surface area contributed by atoms with Crippen molar-refractivity contribution in [3.05, 3.63) is 102 Å². The maximum Gasteiger partial charge on any atom is 0.339 e. The monoisotopic (exact) mass is 482 g/mol. The molecule has 0 spiro atoms. The molecular formula is C29H26N2O5. The summed E-state index contributed by atoms with van der Waals surface area (Å²) in [6.45, 7) is 3.91. The molecule has 0 aromatic heterocycles.